The van der Waals surface area contributed by atoms with Crippen molar-refractivity contribution in [3.63, 3.8) is 0 Å². The van der Waals surface area contributed by atoms with Gasteiger partial charge < -0.3 is 4.98 Å². The highest BCUT2D eigenvalue weighted by Gasteiger charge is 2.06. The summed E-state index contributed by atoms with van der Waals surface area (Å²) in [6, 6.07) is 18.8. The molecular weight excluding hydrogens is 264 g/mol. The fraction of sp³-hybridized carbons (Fsp3) is 0. The molecule has 2 aromatic carbocycles. The first-order valence-electron chi connectivity index (χ1n) is 6.48. The third kappa shape index (κ3) is 1.92. The summed E-state index contributed by atoms with van der Waals surface area (Å²) in [5, 5.41) is 4.17. The van der Waals surface area contributed by atoms with Gasteiger partial charge in [-0.3, -0.25) is 0 Å². The molecule has 0 saturated heterocycles. The average molecular weight is 276 g/mol. The number of nitrogens with one attached hydrogen (secondary N) is 1. The number of benzene rings is 2. The molecule has 0 bridgehead atoms. The normalized spacial score (nSPS) is 11.0. The number of H-pyrrole nitrogens is 1. The number of hydrogen-bond donors (Lipinski definition) is 1. The monoisotopic (exact) mass is 276 g/mol. The Balaban J connectivity index is 1.84. The summed E-state index contributed by atoms with van der Waals surface area (Å²) in [5.41, 5.74) is 5.66. The van der Waals surface area contributed by atoms with Gasteiger partial charge in [-0.15, -0.1) is 0 Å². The van der Waals surface area contributed by atoms with E-state index >= 15 is 0 Å². The van der Waals surface area contributed by atoms with Crippen LogP contribution in [0.5, 0.6) is 0 Å². The van der Waals surface area contributed by atoms with Crippen LogP contribution >= 0.6 is 11.3 Å². The molecule has 4 aromatic rings. The molecule has 0 atom stereocenters. The Morgan fingerprint density at radius 1 is 0.850 bits per heavy atom. The van der Waals surface area contributed by atoms with E-state index in [-0.39, 0.29) is 0 Å². The number of imidazole rings is 1. The van der Waals surface area contributed by atoms with Crippen molar-refractivity contribution >= 4 is 22.4 Å². The van der Waals surface area contributed by atoms with Crippen LogP contribution in [-0.2, 0) is 0 Å². The van der Waals surface area contributed by atoms with Crippen LogP contribution < -0.4 is 0 Å². The minimum Gasteiger partial charge on any atom is -0.338 e. The standard InChI is InChI=1S/C17H12N2S/c1-2-4-12(5-3-1)13-6-7-15-16(10-13)19-17(18-15)14-8-9-20-11-14/h1-11H,(H,18,19). The van der Waals surface area contributed by atoms with E-state index in [4.69, 9.17) is 0 Å². The van der Waals surface area contributed by atoms with Crippen molar-refractivity contribution in [2.24, 2.45) is 0 Å². The molecule has 0 unspecified atom stereocenters. The summed E-state index contributed by atoms with van der Waals surface area (Å²) in [6.07, 6.45) is 0. The summed E-state index contributed by atoms with van der Waals surface area (Å²) in [5.74, 6) is 0.937. The van der Waals surface area contributed by atoms with Crippen molar-refractivity contribution in [2.75, 3.05) is 0 Å². The van der Waals surface area contributed by atoms with Gasteiger partial charge in [0.25, 0.3) is 0 Å². The zero-order valence-electron chi connectivity index (χ0n) is 10.7. The van der Waals surface area contributed by atoms with E-state index in [9.17, 15) is 0 Å². The molecule has 20 heavy (non-hydrogen) atoms. The van der Waals surface area contributed by atoms with Crippen molar-refractivity contribution in [3.8, 4) is 22.5 Å². The van der Waals surface area contributed by atoms with Crippen molar-refractivity contribution in [1.29, 1.82) is 0 Å². The minimum atomic E-state index is 0.937. The molecule has 0 spiro atoms. The van der Waals surface area contributed by atoms with E-state index in [1.54, 1.807) is 11.3 Å². The molecule has 0 fully saturated rings. The SMILES string of the molecule is c1ccc(-c2ccc3nc(-c4ccsc4)[nH]c3c2)cc1. The Bertz CT molecular complexity index is 845. The Hall–Kier alpha value is -2.39. The van der Waals surface area contributed by atoms with E-state index < -0.39 is 0 Å². The van der Waals surface area contributed by atoms with Gasteiger partial charge in [-0.1, -0.05) is 36.4 Å². The zero-order valence-corrected chi connectivity index (χ0v) is 11.5. The summed E-state index contributed by atoms with van der Waals surface area (Å²) in [6.45, 7) is 0. The molecule has 0 aliphatic rings. The van der Waals surface area contributed by atoms with Crippen molar-refractivity contribution in [2.45, 2.75) is 0 Å². The average Bonchev–Trinajstić information content (AvgIpc) is 3.16. The Kier molecular flexibility index (Phi) is 2.64. The Morgan fingerprint density at radius 3 is 2.55 bits per heavy atom. The van der Waals surface area contributed by atoms with Crippen molar-refractivity contribution in [3.05, 3.63) is 65.4 Å². The highest BCUT2D eigenvalue weighted by atomic mass is 32.1. The lowest BCUT2D eigenvalue weighted by atomic mass is 10.1. The molecule has 4 rings (SSSR count). The quantitative estimate of drug-likeness (QED) is 0.551. The number of thiophene rings is 1. The van der Waals surface area contributed by atoms with Gasteiger partial charge in [0.1, 0.15) is 5.82 Å². The van der Waals surface area contributed by atoms with Gasteiger partial charge in [-0.05, 0) is 34.7 Å². The summed E-state index contributed by atoms with van der Waals surface area (Å²) in [7, 11) is 0. The lowest BCUT2D eigenvalue weighted by Gasteiger charge is -2.00. The predicted octanol–water partition coefficient (Wildman–Crippen LogP) is 4.96. The highest BCUT2D eigenvalue weighted by Crippen LogP contribution is 2.26. The van der Waals surface area contributed by atoms with E-state index in [2.05, 4.69) is 69.3 Å². The first-order valence-corrected chi connectivity index (χ1v) is 7.42. The first kappa shape index (κ1) is 11.4. The predicted molar refractivity (Wildman–Crippen MR) is 84.8 cm³/mol. The van der Waals surface area contributed by atoms with Gasteiger partial charge in [-0.2, -0.15) is 11.3 Å². The molecule has 0 aliphatic heterocycles. The van der Waals surface area contributed by atoms with Crippen LogP contribution in [-0.4, -0.2) is 9.97 Å². The largest absolute Gasteiger partial charge is 0.338 e. The molecule has 1 N–H and O–H groups in total. The summed E-state index contributed by atoms with van der Waals surface area (Å²) in [4.78, 5) is 8.04. The molecule has 96 valence electrons. The Labute approximate surface area is 120 Å². The number of fused-ring (bicyclic) bond motifs is 1. The second-order valence-corrected chi connectivity index (χ2v) is 5.48. The van der Waals surface area contributed by atoms with Gasteiger partial charge >= 0.3 is 0 Å². The maximum atomic E-state index is 4.64. The van der Waals surface area contributed by atoms with Gasteiger partial charge in [-0.25, -0.2) is 4.98 Å². The van der Waals surface area contributed by atoms with E-state index in [0.717, 1.165) is 22.4 Å². The van der Waals surface area contributed by atoms with Crippen LogP contribution in [0.25, 0.3) is 33.5 Å². The van der Waals surface area contributed by atoms with Crippen LogP contribution in [0.15, 0.2) is 65.4 Å². The van der Waals surface area contributed by atoms with E-state index in [1.165, 1.54) is 11.1 Å². The third-order valence-corrected chi connectivity index (χ3v) is 4.07. The van der Waals surface area contributed by atoms with Crippen LogP contribution in [0.3, 0.4) is 0 Å². The van der Waals surface area contributed by atoms with Gasteiger partial charge in [0.05, 0.1) is 11.0 Å². The number of aromatic nitrogens is 2. The molecule has 2 heterocycles. The second kappa shape index (κ2) is 4.62. The third-order valence-electron chi connectivity index (χ3n) is 3.38. The van der Waals surface area contributed by atoms with Crippen LogP contribution in [0, 0.1) is 0 Å². The van der Waals surface area contributed by atoms with Crippen molar-refractivity contribution in [1.82, 2.24) is 9.97 Å². The van der Waals surface area contributed by atoms with Gasteiger partial charge in [0, 0.05) is 10.9 Å². The Morgan fingerprint density at radius 2 is 1.75 bits per heavy atom. The van der Waals surface area contributed by atoms with Crippen LogP contribution in [0.1, 0.15) is 0 Å². The molecule has 0 radical (unpaired) electrons. The molecule has 0 aliphatic carbocycles. The number of hydrogen-bond acceptors (Lipinski definition) is 2. The fourth-order valence-corrected chi connectivity index (χ4v) is 3.00. The van der Waals surface area contributed by atoms with Gasteiger partial charge in [0.2, 0.25) is 0 Å². The first-order chi connectivity index (χ1) is 9.90. The minimum absolute atomic E-state index is 0.937. The highest BCUT2D eigenvalue weighted by molar-refractivity contribution is 7.08. The smallest absolute Gasteiger partial charge is 0.139 e. The van der Waals surface area contributed by atoms with Gasteiger partial charge in [0.15, 0.2) is 0 Å². The summed E-state index contributed by atoms with van der Waals surface area (Å²) >= 11 is 1.68. The van der Waals surface area contributed by atoms with Crippen molar-refractivity contribution < 1.29 is 0 Å². The number of rotatable bonds is 2. The van der Waals surface area contributed by atoms with Crippen LogP contribution in [0.2, 0.25) is 0 Å². The maximum Gasteiger partial charge on any atom is 0.139 e. The maximum absolute atomic E-state index is 4.64. The summed E-state index contributed by atoms with van der Waals surface area (Å²) < 4.78 is 0. The molecule has 2 aromatic heterocycles. The topological polar surface area (TPSA) is 28.7 Å². The zero-order chi connectivity index (χ0) is 13.4. The number of nitrogens with zero attached hydrogens (tertiary/aromatic N) is 1. The molecule has 3 heteroatoms. The molecule has 2 nitrogen and oxygen atoms in total. The van der Waals surface area contributed by atoms with E-state index in [1.807, 2.05) is 6.07 Å². The lowest BCUT2D eigenvalue weighted by Crippen LogP contribution is -1.77. The molecular formula is C17H12N2S. The number of aromatic amines is 1. The molecule has 0 amide bonds. The second-order valence-electron chi connectivity index (χ2n) is 4.70. The van der Waals surface area contributed by atoms with Crippen LogP contribution in [0.4, 0.5) is 0 Å². The fourth-order valence-electron chi connectivity index (χ4n) is 2.36. The van der Waals surface area contributed by atoms with E-state index in [0.29, 0.717) is 0 Å². The molecule has 0 saturated carbocycles. The lowest BCUT2D eigenvalue weighted by molar-refractivity contribution is 1.35.